The number of nitrogens with zero attached hydrogens (tertiary/aromatic N) is 1. The number of carbonyl (C=O) groups excluding carboxylic acids is 2. The molecule has 156 valence electrons. The van der Waals surface area contributed by atoms with E-state index in [-0.39, 0.29) is 11.8 Å². The van der Waals surface area contributed by atoms with E-state index in [9.17, 15) is 9.59 Å². The average Bonchev–Trinajstić information content (AvgIpc) is 2.69. The SMILES string of the molecule is CSCCC(NC(=O)c1ccccc1Br)C(=O)NCCCN1CCCCC1C. The molecule has 2 amide bonds. The molecule has 2 unspecified atom stereocenters. The summed E-state index contributed by atoms with van der Waals surface area (Å²) in [6.45, 7) is 5.10. The van der Waals surface area contributed by atoms with E-state index in [1.165, 1.54) is 19.3 Å². The fourth-order valence-electron chi connectivity index (χ4n) is 3.49. The molecule has 0 saturated carbocycles. The number of thioether (sulfide) groups is 1. The number of benzene rings is 1. The quantitative estimate of drug-likeness (QED) is 0.513. The highest BCUT2D eigenvalue weighted by molar-refractivity contribution is 9.10. The standard InChI is InChI=1S/C21H32BrN3O2S/c1-16-8-5-6-13-25(16)14-7-12-23-21(27)19(11-15-28-2)24-20(26)17-9-3-4-10-18(17)22/h3-4,9-10,16,19H,5-8,11-15H2,1-2H3,(H,23,27)(H,24,26). The van der Waals surface area contributed by atoms with Gasteiger partial charge in [-0.15, -0.1) is 0 Å². The summed E-state index contributed by atoms with van der Waals surface area (Å²) in [4.78, 5) is 27.7. The summed E-state index contributed by atoms with van der Waals surface area (Å²) in [5, 5.41) is 5.92. The van der Waals surface area contributed by atoms with Crippen molar-refractivity contribution in [2.75, 3.05) is 31.6 Å². The van der Waals surface area contributed by atoms with Gasteiger partial charge in [-0.25, -0.2) is 0 Å². The molecule has 1 saturated heterocycles. The lowest BCUT2D eigenvalue weighted by atomic mass is 10.0. The predicted octanol–water partition coefficient (Wildman–Crippen LogP) is 3.68. The molecule has 2 rings (SSSR count). The number of carbonyl (C=O) groups is 2. The molecule has 0 aromatic heterocycles. The Labute approximate surface area is 181 Å². The molecule has 1 heterocycles. The third kappa shape index (κ3) is 7.41. The van der Waals surface area contributed by atoms with E-state index in [4.69, 9.17) is 0 Å². The van der Waals surface area contributed by atoms with Gasteiger partial charge in [0.05, 0.1) is 5.56 Å². The number of amides is 2. The van der Waals surface area contributed by atoms with Crippen molar-refractivity contribution in [2.45, 2.75) is 51.1 Å². The molecule has 1 aliphatic heterocycles. The molecule has 2 N–H and O–H groups in total. The minimum atomic E-state index is -0.513. The van der Waals surface area contributed by atoms with Crippen LogP contribution in [0.5, 0.6) is 0 Å². The molecule has 28 heavy (non-hydrogen) atoms. The van der Waals surface area contributed by atoms with Crippen LogP contribution in [0.4, 0.5) is 0 Å². The van der Waals surface area contributed by atoms with Crippen molar-refractivity contribution in [1.29, 1.82) is 0 Å². The zero-order chi connectivity index (χ0) is 20.4. The maximum atomic E-state index is 12.7. The number of hydrogen-bond acceptors (Lipinski definition) is 4. The molecule has 1 aliphatic rings. The maximum Gasteiger partial charge on any atom is 0.253 e. The second-order valence-corrected chi connectivity index (χ2v) is 9.15. The Balaban J connectivity index is 1.82. The zero-order valence-corrected chi connectivity index (χ0v) is 19.3. The van der Waals surface area contributed by atoms with E-state index in [1.54, 1.807) is 17.8 Å². The largest absolute Gasteiger partial charge is 0.354 e. The van der Waals surface area contributed by atoms with Crippen molar-refractivity contribution in [3.05, 3.63) is 34.3 Å². The van der Waals surface area contributed by atoms with Crippen LogP contribution < -0.4 is 10.6 Å². The molecule has 0 spiro atoms. The lowest BCUT2D eigenvalue weighted by Crippen LogP contribution is -2.47. The van der Waals surface area contributed by atoms with Gasteiger partial charge in [0.2, 0.25) is 5.91 Å². The van der Waals surface area contributed by atoms with Crippen LogP contribution in [0.25, 0.3) is 0 Å². The minimum absolute atomic E-state index is 0.0962. The lowest BCUT2D eigenvalue weighted by Gasteiger charge is -2.33. The van der Waals surface area contributed by atoms with Gasteiger partial charge in [0.15, 0.2) is 0 Å². The average molecular weight is 470 g/mol. The summed E-state index contributed by atoms with van der Waals surface area (Å²) in [6.07, 6.45) is 7.42. The molecule has 0 aliphatic carbocycles. The van der Waals surface area contributed by atoms with Crippen LogP contribution in [0.2, 0.25) is 0 Å². The summed E-state index contributed by atoms with van der Waals surface area (Å²) in [5.41, 5.74) is 0.545. The van der Waals surface area contributed by atoms with E-state index in [0.717, 1.165) is 29.7 Å². The normalized spacial score (nSPS) is 18.5. The van der Waals surface area contributed by atoms with Crippen LogP contribution in [0.1, 0.15) is 49.4 Å². The summed E-state index contributed by atoms with van der Waals surface area (Å²) in [6, 6.07) is 7.39. The van der Waals surface area contributed by atoms with Crippen molar-refractivity contribution in [1.82, 2.24) is 15.5 Å². The Morgan fingerprint density at radius 2 is 2.11 bits per heavy atom. The van der Waals surface area contributed by atoms with Crippen molar-refractivity contribution in [3.8, 4) is 0 Å². The van der Waals surface area contributed by atoms with Gasteiger partial charge in [0.25, 0.3) is 5.91 Å². The van der Waals surface area contributed by atoms with Crippen molar-refractivity contribution < 1.29 is 9.59 Å². The molecule has 1 aromatic carbocycles. The fraction of sp³-hybridized carbons (Fsp3) is 0.619. The first kappa shape index (κ1) is 23.2. The van der Waals surface area contributed by atoms with Crippen LogP contribution in [-0.2, 0) is 4.79 Å². The first-order valence-corrected chi connectivity index (χ1v) is 12.3. The van der Waals surface area contributed by atoms with Crippen molar-refractivity contribution in [2.24, 2.45) is 0 Å². The number of nitrogens with one attached hydrogen (secondary N) is 2. The number of likely N-dealkylation sites (tertiary alicyclic amines) is 1. The van der Waals surface area contributed by atoms with Gasteiger partial charge in [0, 0.05) is 23.6 Å². The summed E-state index contributed by atoms with van der Waals surface area (Å²) in [7, 11) is 0. The number of rotatable bonds is 10. The Kier molecular flexibility index (Phi) is 10.4. The zero-order valence-electron chi connectivity index (χ0n) is 16.9. The highest BCUT2D eigenvalue weighted by atomic mass is 79.9. The summed E-state index contributed by atoms with van der Waals surface area (Å²) < 4.78 is 0.729. The van der Waals surface area contributed by atoms with Crippen LogP contribution in [0, 0.1) is 0 Å². The first-order valence-electron chi connectivity index (χ1n) is 10.1. The second-order valence-electron chi connectivity index (χ2n) is 7.31. The van der Waals surface area contributed by atoms with Crippen molar-refractivity contribution in [3.63, 3.8) is 0 Å². The van der Waals surface area contributed by atoms with Gasteiger partial charge in [-0.2, -0.15) is 11.8 Å². The minimum Gasteiger partial charge on any atom is -0.354 e. The monoisotopic (exact) mass is 469 g/mol. The van der Waals surface area contributed by atoms with Gasteiger partial charge in [-0.3, -0.25) is 9.59 Å². The van der Waals surface area contributed by atoms with E-state index in [0.29, 0.717) is 24.6 Å². The van der Waals surface area contributed by atoms with E-state index in [1.807, 2.05) is 24.5 Å². The van der Waals surface area contributed by atoms with Crippen LogP contribution >= 0.6 is 27.7 Å². The molecule has 5 nitrogen and oxygen atoms in total. The van der Waals surface area contributed by atoms with Crippen molar-refractivity contribution >= 4 is 39.5 Å². The summed E-state index contributed by atoms with van der Waals surface area (Å²) >= 11 is 5.07. The topological polar surface area (TPSA) is 61.4 Å². The van der Waals surface area contributed by atoms with Gasteiger partial charge < -0.3 is 15.5 Å². The third-order valence-corrected chi connectivity index (χ3v) is 6.55. The molecule has 2 atom stereocenters. The first-order chi connectivity index (χ1) is 13.5. The lowest BCUT2D eigenvalue weighted by molar-refractivity contribution is -0.123. The molecular weight excluding hydrogens is 438 g/mol. The van der Waals surface area contributed by atoms with Gasteiger partial charge >= 0.3 is 0 Å². The Bertz CT molecular complexity index is 644. The molecule has 0 bridgehead atoms. The van der Waals surface area contributed by atoms with E-state index >= 15 is 0 Å². The van der Waals surface area contributed by atoms with Gasteiger partial charge in [0.1, 0.15) is 6.04 Å². The van der Waals surface area contributed by atoms with Gasteiger partial charge in [-0.1, -0.05) is 18.6 Å². The smallest absolute Gasteiger partial charge is 0.253 e. The molecular formula is C21H32BrN3O2S. The van der Waals surface area contributed by atoms with Crippen LogP contribution in [0.15, 0.2) is 28.7 Å². The Morgan fingerprint density at radius 1 is 1.32 bits per heavy atom. The molecule has 1 aromatic rings. The number of hydrogen-bond donors (Lipinski definition) is 2. The van der Waals surface area contributed by atoms with Crippen LogP contribution in [0.3, 0.4) is 0 Å². The van der Waals surface area contributed by atoms with E-state index < -0.39 is 6.04 Å². The molecule has 0 radical (unpaired) electrons. The molecule has 7 heteroatoms. The Hall–Kier alpha value is -1.05. The second kappa shape index (κ2) is 12.5. The fourth-order valence-corrected chi connectivity index (χ4v) is 4.43. The van der Waals surface area contributed by atoms with Gasteiger partial charge in [-0.05, 0) is 79.2 Å². The number of piperidine rings is 1. The maximum absolute atomic E-state index is 12.7. The van der Waals surface area contributed by atoms with Crippen LogP contribution in [-0.4, -0.2) is 60.4 Å². The summed E-state index contributed by atoms with van der Waals surface area (Å²) in [5.74, 6) is 0.497. The molecule has 1 fully saturated rings. The predicted molar refractivity (Wildman–Crippen MR) is 121 cm³/mol. The Morgan fingerprint density at radius 3 is 2.82 bits per heavy atom. The number of halogens is 1. The van der Waals surface area contributed by atoms with E-state index in [2.05, 4.69) is 38.4 Å². The third-order valence-electron chi connectivity index (χ3n) is 5.21. The highest BCUT2D eigenvalue weighted by Gasteiger charge is 2.22. The highest BCUT2D eigenvalue weighted by Crippen LogP contribution is 2.17.